The lowest BCUT2D eigenvalue weighted by Gasteiger charge is -2.38. The molecule has 31 heavy (non-hydrogen) atoms. The minimum absolute atomic E-state index is 0.0289. The highest BCUT2D eigenvalue weighted by atomic mass is 19.1. The van der Waals surface area contributed by atoms with E-state index in [0.29, 0.717) is 24.9 Å². The van der Waals surface area contributed by atoms with Gasteiger partial charge in [-0.05, 0) is 61.4 Å². The van der Waals surface area contributed by atoms with Crippen molar-refractivity contribution in [2.75, 3.05) is 11.4 Å². The molecule has 1 saturated heterocycles. The van der Waals surface area contributed by atoms with Crippen molar-refractivity contribution in [2.24, 2.45) is 11.3 Å². The molecule has 2 aromatic carbocycles. The van der Waals surface area contributed by atoms with Crippen molar-refractivity contribution >= 4 is 17.5 Å². The average molecular weight is 425 g/mol. The Balaban J connectivity index is 1.88. The molecule has 0 aliphatic carbocycles. The molecule has 0 radical (unpaired) electrons. The van der Waals surface area contributed by atoms with E-state index in [-0.39, 0.29) is 29.0 Å². The molecule has 3 rings (SSSR count). The zero-order valence-electron chi connectivity index (χ0n) is 19.2. The predicted octanol–water partition coefficient (Wildman–Crippen LogP) is 5.48. The summed E-state index contributed by atoms with van der Waals surface area (Å²) in [6.45, 7) is 10.4. The summed E-state index contributed by atoms with van der Waals surface area (Å²) in [5, 5.41) is 3.17. The van der Waals surface area contributed by atoms with Gasteiger partial charge in [0.1, 0.15) is 5.82 Å². The number of amides is 2. The lowest BCUT2D eigenvalue weighted by Crippen LogP contribution is -2.48. The summed E-state index contributed by atoms with van der Waals surface area (Å²) in [4.78, 5) is 27.5. The number of aryl methyl sites for hydroxylation is 1. The van der Waals surface area contributed by atoms with Gasteiger partial charge in [0.2, 0.25) is 11.8 Å². The Labute approximate surface area is 184 Å². The molecule has 4 nitrogen and oxygen atoms in total. The van der Waals surface area contributed by atoms with E-state index < -0.39 is 6.04 Å². The van der Waals surface area contributed by atoms with E-state index in [1.165, 1.54) is 6.07 Å². The number of benzene rings is 2. The molecule has 1 aliphatic heterocycles. The molecule has 1 heterocycles. The first-order valence-corrected chi connectivity index (χ1v) is 11.1. The maximum Gasteiger partial charge on any atom is 0.227 e. The summed E-state index contributed by atoms with van der Waals surface area (Å²) in [6.07, 6.45) is 1.61. The lowest BCUT2D eigenvalue weighted by atomic mass is 9.76. The maximum absolute atomic E-state index is 15.0. The van der Waals surface area contributed by atoms with Crippen molar-refractivity contribution in [1.82, 2.24) is 5.32 Å². The number of para-hydroxylation sites is 1. The summed E-state index contributed by atoms with van der Waals surface area (Å²) in [6, 6.07) is 12.2. The number of hydrogen-bond acceptors (Lipinski definition) is 2. The van der Waals surface area contributed by atoms with Crippen LogP contribution in [0.4, 0.5) is 10.1 Å². The molecule has 166 valence electrons. The SMILES string of the molecule is CCC(C)(C)[C@H](NC(=O)C1CCC(=O)N(c2ccccc2)C1)c1c(F)ccc(C)c1C. The third-order valence-corrected chi connectivity index (χ3v) is 6.85. The molecule has 0 spiro atoms. The van der Waals surface area contributed by atoms with Crippen LogP contribution in [0.3, 0.4) is 0 Å². The number of nitrogens with one attached hydrogen (secondary N) is 1. The van der Waals surface area contributed by atoms with Gasteiger partial charge >= 0.3 is 0 Å². The first kappa shape index (κ1) is 23.0. The standard InChI is InChI=1S/C26H33FN2O2/c1-6-26(4,5)24(23-18(3)17(2)12-14-21(23)27)28-25(31)19-13-15-22(30)29(16-19)20-10-8-7-9-11-20/h7-12,14,19,24H,6,13,15-16H2,1-5H3,(H,28,31)/t19?,24-/m1/s1. The van der Waals surface area contributed by atoms with Crippen LogP contribution in [0.25, 0.3) is 0 Å². The zero-order chi connectivity index (χ0) is 22.8. The number of nitrogens with zero attached hydrogens (tertiary/aromatic N) is 1. The second-order valence-corrected chi connectivity index (χ2v) is 9.26. The molecule has 5 heteroatoms. The Hall–Kier alpha value is -2.69. The monoisotopic (exact) mass is 424 g/mol. The fourth-order valence-corrected chi connectivity index (χ4v) is 4.20. The number of carbonyl (C=O) groups is 2. The molecule has 1 unspecified atom stereocenters. The Kier molecular flexibility index (Phi) is 6.83. The van der Waals surface area contributed by atoms with Crippen LogP contribution < -0.4 is 10.2 Å². The number of piperidine rings is 1. The number of halogens is 1. The van der Waals surface area contributed by atoms with Crippen LogP contribution in [-0.4, -0.2) is 18.4 Å². The molecular weight excluding hydrogens is 391 g/mol. The fraction of sp³-hybridized carbons (Fsp3) is 0.462. The lowest BCUT2D eigenvalue weighted by molar-refractivity contribution is -0.128. The quantitative estimate of drug-likeness (QED) is 0.668. The maximum atomic E-state index is 15.0. The highest BCUT2D eigenvalue weighted by Crippen LogP contribution is 2.40. The average Bonchev–Trinajstić information content (AvgIpc) is 2.76. The third kappa shape index (κ3) is 4.81. The molecule has 2 aromatic rings. The van der Waals surface area contributed by atoms with Crippen LogP contribution in [0.1, 0.15) is 62.8 Å². The summed E-state index contributed by atoms with van der Waals surface area (Å²) in [5.74, 6) is -0.720. The molecule has 1 aliphatic rings. The topological polar surface area (TPSA) is 49.4 Å². The van der Waals surface area contributed by atoms with E-state index in [0.717, 1.165) is 23.2 Å². The minimum Gasteiger partial charge on any atom is -0.348 e. The summed E-state index contributed by atoms with van der Waals surface area (Å²) >= 11 is 0. The summed E-state index contributed by atoms with van der Waals surface area (Å²) in [5.41, 5.74) is 2.90. The van der Waals surface area contributed by atoms with Gasteiger partial charge in [-0.15, -0.1) is 0 Å². The predicted molar refractivity (Wildman–Crippen MR) is 122 cm³/mol. The van der Waals surface area contributed by atoms with Crippen molar-refractivity contribution in [2.45, 2.75) is 59.9 Å². The molecule has 2 atom stereocenters. The summed E-state index contributed by atoms with van der Waals surface area (Å²) < 4.78 is 15.0. The molecule has 1 N–H and O–H groups in total. The Morgan fingerprint density at radius 1 is 1.19 bits per heavy atom. The van der Waals surface area contributed by atoms with E-state index in [1.807, 2.05) is 44.2 Å². The van der Waals surface area contributed by atoms with Crippen LogP contribution in [-0.2, 0) is 9.59 Å². The third-order valence-electron chi connectivity index (χ3n) is 6.85. The van der Waals surface area contributed by atoms with Crippen molar-refractivity contribution in [3.63, 3.8) is 0 Å². The van der Waals surface area contributed by atoms with Gasteiger partial charge in [-0.3, -0.25) is 9.59 Å². The van der Waals surface area contributed by atoms with Crippen LogP contribution in [0.5, 0.6) is 0 Å². The largest absolute Gasteiger partial charge is 0.348 e. The van der Waals surface area contributed by atoms with E-state index in [1.54, 1.807) is 11.0 Å². The van der Waals surface area contributed by atoms with E-state index in [9.17, 15) is 14.0 Å². The van der Waals surface area contributed by atoms with E-state index in [4.69, 9.17) is 0 Å². The van der Waals surface area contributed by atoms with Gasteiger partial charge in [-0.2, -0.15) is 0 Å². The normalized spacial score (nSPS) is 18.1. The van der Waals surface area contributed by atoms with Gasteiger partial charge in [-0.1, -0.05) is 45.0 Å². The molecule has 0 saturated carbocycles. The number of rotatable bonds is 6. The van der Waals surface area contributed by atoms with Gasteiger partial charge in [-0.25, -0.2) is 4.39 Å². The van der Waals surface area contributed by atoms with Crippen LogP contribution in [0.2, 0.25) is 0 Å². The molecule has 0 aromatic heterocycles. The highest BCUT2D eigenvalue weighted by molar-refractivity contribution is 5.96. The molecule has 0 bridgehead atoms. The van der Waals surface area contributed by atoms with Crippen molar-refractivity contribution in [3.05, 3.63) is 65.0 Å². The second kappa shape index (κ2) is 9.21. The minimum atomic E-state index is -0.451. The van der Waals surface area contributed by atoms with E-state index in [2.05, 4.69) is 26.1 Å². The van der Waals surface area contributed by atoms with Crippen LogP contribution >= 0.6 is 0 Å². The smallest absolute Gasteiger partial charge is 0.227 e. The van der Waals surface area contributed by atoms with Crippen LogP contribution in [0, 0.1) is 31.0 Å². The van der Waals surface area contributed by atoms with Gasteiger partial charge in [0, 0.05) is 24.2 Å². The zero-order valence-corrected chi connectivity index (χ0v) is 19.2. The fourth-order valence-electron chi connectivity index (χ4n) is 4.20. The van der Waals surface area contributed by atoms with Gasteiger partial charge in [0.25, 0.3) is 0 Å². The first-order chi connectivity index (χ1) is 14.7. The molecule has 1 fully saturated rings. The molecule has 2 amide bonds. The van der Waals surface area contributed by atoms with Crippen molar-refractivity contribution < 1.29 is 14.0 Å². The van der Waals surface area contributed by atoms with Crippen LogP contribution in [0.15, 0.2) is 42.5 Å². The first-order valence-electron chi connectivity index (χ1n) is 11.1. The molecular formula is C26H33FN2O2. The van der Waals surface area contributed by atoms with Crippen molar-refractivity contribution in [3.8, 4) is 0 Å². The van der Waals surface area contributed by atoms with Gasteiger partial charge < -0.3 is 10.2 Å². The highest BCUT2D eigenvalue weighted by Gasteiger charge is 2.37. The number of anilines is 1. The van der Waals surface area contributed by atoms with Crippen molar-refractivity contribution in [1.29, 1.82) is 0 Å². The van der Waals surface area contributed by atoms with E-state index >= 15 is 0 Å². The summed E-state index contributed by atoms with van der Waals surface area (Å²) in [7, 11) is 0. The second-order valence-electron chi connectivity index (χ2n) is 9.26. The number of hydrogen-bond donors (Lipinski definition) is 1. The van der Waals surface area contributed by atoms with Gasteiger partial charge in [0.15, 0.2) is 0 Å². The van der Waals surface area contributed by atoms with Gasteiger partial charge in [0.05, 0.1) is 12.0 Å². The number of carbonyl (C=O) groups excluding carboxylic acids is 2. The Morgan fingerprint density at radius 2 is 1.87 bits per heavy atom. The Morgan fingerprint density at radius 3 is 2.52 bits per heavy atom. The Bertz CT molecular complexity index is 955.